The van der Waals surface area contributed by atoms with Gasteiger partial charge in [-0.2, -0.15) is 0 Å². The lowest BCUT2D eigenvalue weighted by molar-refractivity contribution is 0.325. The van der Waals surface area contributed by atoms with Gasteiger partial charge >= 0.3 is 0 Å². The number of terminal acetylenes is 1. The minimum absolute atomic E-state index is 0.193. The number of aromatic amines is 1. The van der Waals surface area contributed by atoms with Crippen molar-refractivity contribution in [3.63, 3.8) is 0 Å². The lowest BCUT2D eigenvalue weighted by atomic mass is 9.82. The van der Waals surface area contributed by atoms with Crippen molar-refractivity contribution in [2.45, 2.75) is 53.1 Å². The summed E-state index contributed by atoms with van der Waals surface area (Å²) in [6.45, 7) is 9.04. The Morgan fingerprint density at radius 3 is 2.71 bits per heavy atom. The smallest absolute Gasteiger partial charge is 0.131 e. The average Bonchev–Trinajstić information content (AvgIpc) is 2.86. The van der Waals surface area contributed by atoms with Crippen LogP contribution >= 0.6 is 8.58 Å². The maximum atomic E-state index is 14.1. The summed E-state index contributed by atoms with van der Waals surface area (Å²) in [5, 5.41) is 0.752. The van der Waals surface area contributed by atoms with Gasteiger partial charge in [0.1, 0.15) is 5.82 Å². The average molecular weight is 343 g/mol. The highest BCUT2D eigenvalue weighted by Gasteiger charge is 2.20. The number of aromatic nitrogens is 1. The molecule has 1 atom stereocenters. The van der Waals surface area contributed by atoms with Gasteiger partial charge in [-0.1, -0.05) is 47.8 Å². The van der Waals surface area contributed by atoms with Gasteiger partial charge in [-0.15, -0.1) is 6.42 Å². The highest BCUT2D eigenvalue weighted by molar-refractivity contribution is 7.46. The lowest BCUT2D eigenvalue weighted by Crippen LogP contribution is -2.15. The summed E-state index contributed by atoms with van der Waals surface area (Å²) in [5.41, 5.74) is 4.83. The number of nitrogens with one attached hydrogen (secondary N) is 1. The third-order valence-corrected chi connectivity index (χ3v) is 5.89. The fraction of sp³-hybridized carbons (Fsp3) is 0.429. The Morgan fingerprint density at radius 1 is 1.33 bits per heavy atom. The maximum Gasteiger partial charge on any atom is 0.131 e. The quantitative estimate of drug-likeness (QED) is 0.517. The molecule has 1 heterocycles. The van der Waals surface area contributed by atoms with Crippen molar-refractivity contribution in [2.75, 3.05) is 0 Å². The maximum absolute atomic E-state index is 14.1. The molecule has 1 aromatic carbocycles. The van der Waals surface area contributed by atoms with E-state index in [0.29, 0.717) is 19.6 Å². The van der Waals surface area contributed by atoms with E-state index in [-0.39, 0.29) is 5.82 Å². The van der Waals surface area contributed by atoms with Crippen LogP contribution in [0.3, 0.4) is 0 Å². The zero-order valence-corrected chi connectivity index (χ0v) is 16.1. The van der Waals surface area contributed by atoms with Crippen LogP contribution in [0, 0.1) is 30.5 Å². The Kier molecular flexibility index (Phi) is 6.25. The fourth-order valence-corrected chi connectivity index (χ4v) is 4.32. The molecule has 1 unspecified atom stereocenters. The monoisotopic (exact) mass is 343 g/mol. The van der Waals surface area contributed by atoms with Crippen molar-refractivity contribution < 1.29 is 4.39 Å². The molecule has 2 rings (SSSR count). The van der Waals surface area contributed by atoms with Gasteiger partial charge in [-0.25, -0.2) is 4.39 Å². The van der Waals surface area contributed by atoms with E-state index in [1.165, 1.54) is 35.7 Å². The molecule has 0 radical (unpaired) electrons. The van der Waals surface area contributed by atoms with Crippen LogP contribution in [0.15, 0.2) is 24.4 Å². The van der Waals surface area contributed by atoms with E-state index >= 15 is 0 Å². The van der Waals surface area contributed by atoms with Crippen molar-refractivity contribution in [1.29, 1.82) is 0 Å². The van der Waals surface area contributed by atoms with Crippen molar-refractivity contribution in [3.8, 4) is 12.3 Å². The van der Waals surface area contributed by atoms with Gasteiger partial charge in [-0.3, -0.25) is 0 Å². The van der Waals surface area contributed by atoms with Crippen molar-refractivity contribution >= 4 is 13.9 Å². The number of rotatable bonds is 7. The molecule has 0 saturated carbocycles. The first-order chi connectivity index (χ1) is 11.4. The standard InChI is InChI=1S/C21H27FNP/c1-6-10-21(4,5)12-19-15(3)17(13-23-19)14-24-20-9-8-16(7-2)11-18(20)22/h2,8-9,11,13,23-24H,6,10,12,14H2,1,3-5H3. The minimum atomic E-state index is -0.193. The summed E-state index contributed by atoms with van der Waals surface area (Å²) >= 11 is 0. The van der Waals surface area contributed by atoms with Gasteiger partial charge in [0.05, 0.1) is 0 Å². The molecule has 0 fully saturated rings. The Morgan fingerprint density at radius 2 is 2.08 bits per heavy atom. The van der Waals surface area contributed by atoms with Crippen LogP contribution in [-0.4, -0.2) is 4.98 Å². The van der Waals surface area contributed by atoms with Gasteiger partial charge in [0, 0.05) is 22.8 Å². The molecular weight excluding hydrogens is 316 g/mol. The molecule has 3 heteroatoms. The molecular formula is C21H27FNP. The largest absolute Gasteiger partial charge is 0.364 e. The highest BCUT2D eigenvalue weighted by atomic mass is 31.1. The minimum Gasteiger partial charge on any atom is -0.364 e. The summed E-state index contributed by atoms with van der Waals surface area (Å²) < 4.78 is 14.1. The molecule has 0 aliphatic carbocycles. The van der Waals surface area contributed by atoms with Crippen LogP contribution in [0.25, 0.3) is 0 Å². The number of hydrogen-bond acceptors (Lipinski definition) is 0. The van der Waals surface area contributed by atoms with Crippen molar-refractivity contribution in [2.24, 2.45) is 5.41 Å². The van der Waals surface area contributed by atoms with E-state index in [2.05, 4.69) is 44.8 Å². The second-order valence-corrected chi connectivity index (χ2v) is 8.45. The molecule has 0 saturated heterocycles. The zero-order valence-electron chi connectivity index (χ0n) is 15.1. The SMILES string of the molecule is C#Cc1ccc(PCc2c[nH]c(CC(C)(C)CCC)c2C)c(F)c1. The van der Waals surface area contributed by atoms with Crippen molar-refractivity contribution in [3.05, 3.63) is 52.6 Å². The third kappa shape index (κ3) is 4.71. The summed E-state index contributed by atoms with van der Waals surface area (Å²) in [4.78, 5) is 3.44. The molecule has 1 nitrogen and oxygen atoms in total. The number of halogens is 1. The van der Waals surface area contributed by atoms with E-state index < -0.39 is 0 Å². The second kappa shape index (κ2) is 8.00. The van der Waals surface area contributed by atoms with Gasteiger partial charge in [-0.05, 0) is 54.6 Å². The van der Waals surface area contributed by atoms with Crippen LogP contribution < -0.4 is 5.30 Å². The summed E-state index contributed by atoms with van der Waals surface area (Å²) in [6, 6.07) is 5.08. The summed E-state index contributed by atoms with van der Waals surface area (Å²) in [6.07, 6.45) is 11.7. The van der Waals surface area contributed by atoms with Gasteiger partial charge in [0.25, 0.3) is 0 Å². The van der Waals surface area contributed by atoms with E-state index in [1.807, 2.05) is 12.1 Å². The summed E-state index contributed by atoms with van der Waals surface area (Å²) in [7, 11) is 0.413. The molecule has 24 heavy (non-hydrogen) atoms. The van der Waals surface area contributed by atoms with E-state index in [1.54, 1.807) is 0 Å². The molecule has 0 bridgehead atoms. The molecule has 1 aromatic heterocycles. The number of H-pyrrole nitrogens is 1. The van der Waals surface area contributed by atoms with Crippen LogP contribution in [0.1, 0.15) is 56.0 Å². The molecule has 2 aromatic rings. The third-order valence-electron chi connectivity index (χ3n) is 4.54. The highest BCUT2D eigenvalue weighted by Crippen LogP contribution is 2.30. The Balaban J connectivity index is 2.06. The zero-order chi connectivity index (χ0) is 17.7. The number of benzene rings is 1. The van der Waals surface area contributed by atoms with E-state index in [9.17, 15) is 4.39 Å². The first kappa shape index (κ1) is 18.8. The predicted molar refractivity (Wildman–Crippen MR) is 104 cm³/mol. The molecule has 1 N–H and O–H groups in total. The van der Waals surface area contributed by atoms with E-state index in [4.69, 9.17) is 6.42 Å². The molecule has 0 aliphatic rings. The first-order valence-electron chi connectivity index (χ1n) is 8.52. The first-order valence-corrected chi connectivity index (χ1v) is 9.73. The molecule has 0 spiro atoms. The Labute approximate surface area is 147 Å². The topological polar surface area (TPSA) is 15.8 Å². The fourth-order valence-electron chi connectivity index (χ4n) is 3.13. The van der Waals surface area contributed by atoms with Crippen molar-refractivity contribution in [1.82, 2.24) is 4.98 Å². The van der Waals surface area contributed by atoms with Gasteiger partial charge < -0.3 is 4.98 Å². The number of hydrogen-bond donors (Lipinski definition) is 1. The van der Waals surface area contributed by atoms with Crippen LogP contribution in [0.2, 0.25) is 0 Å². The lowest BCUT2D eigenvalue weighted by Gasteiger charge is -2.23. The Hall–Kier alpha value is -1.58. The summed E-state index contributed by atoms with van der Waals surface area (Å²) in [5.74, 6) is 2.28. The normalized spacial score (nSPS) is 12.0. The predicted octanol–water partition coefficient (Wildman–Crippen LogP) is 5.32. The van der Waals surface area contributed by atoms with Crippen LogP contribution in [0.5, 0.6) is 0 Å². The Bertz CT molecular complexity index is 737. The molecule has 0 amide bonds. The van der Waals surface area contributed by atoms with Gasteiger partial charge in [0.15, 0.2) is 0 Å². The van der Waals surface area contributed by atoms with Gasteiger partial charge in [0.2, 0.25) is 0 Å². The van der Waals surface area contributed by atoms with Crippen LogP contribution in [-0.2, 0) is 12.6 Å². The molecule has 0 aliphatic heterocycles. The van der Waals surface area contributed by atoms with E-state index in [0.717, 1.165) is 17.9 Å². The second-order valence-electron chi connectivity index (χ2n) is 7.20. The molecule has 128 valence electrons. The van der Waals surface area contributed by atoms with Crippen LogP contribution in [0.4, 0.5) is 4.39 Å².